The Labute approximate surface area is 167 Å². The van der Waals surface area contributed by atoms with Gasteiger partial charge in [0.25, 0.3) is 0 Å². The maximum absolute atomic E-state index is 12.7. The van der Waals surface area contributed by atoms with Gasteiger partial charge in [-0.25, -0.2) is 4.98 Å². The molecular formula is C21H33N5O2. The minimum atomic E-state index is -0.00787. The van der Waals surface area contributed by atoms with Gasteiger partial charge >= 0.3 is 0 Å². The number of nitrogens with one attached hydrogen (secondary N) is 1. The summed E-state index contributed by atoms with van der Waals surface area (Å²) in [4.78, 5) is 33.3. The van der Waals surface area contributed by atoms with Gasteiger partial charge in [0.05, 0.1) is 6.04 Å². The Kier molecular flexibility index (Phi) is 5.71. The molecule has 3 fully saturated rings. The van der Waals surface area contributed by atoms with Gasteiger partial charge in [0, 0.05) is 58.0 Å². The van der Waals surface area contributed by atoms with Crippen molar-refractivity contribution in [1.29, 1.82) is 0 Å². The van der Waals surface area contributed by atoms with Crippen LogP contribution >= 0.6 is 0 Å². The van der Waals surface area contributed by atoms with E-state index in [-0.39, 0.29) is 11.9 Å². The second-order valence-corrected chi connectivity index (χ2v) is 8.80. The van der Waals surface area contributed by atoms with Crippen LogP contribution in [0.2, 0.25) is 0 Å². The van der Waals surface area contributed by atoms with Crippen LogP contribution in [0.3, 0.4) is 0 Å². The van der Waals surface area contributed by atoms with E-state index < -0.39 is 0 Å². The number of nitrogens with zero attached hydrogens (tertiary/aromatic N) is 4. The smallest absolute Gasteiger partial charge is 0.223 e. The Morgan fingerprint density at radius 1 is 1.29 bits per heavy atom. The van der Waals surface area contributed by atoms with E-state index in [9.17, 15) is 9.59 Å². The number of fused-ring (bicyclic) bond motifs is 4. The molecule has 4 atom stereocenters. The predicted octanol–water partition coefficient (Wildman–Crippen LogP) is 1.42. The molecule has 7 heteroatoms. The average Bonchev–Trinajstić information content (AvgIpc) is 3.07. The van der Waals surface area contributed by atoms with E-state index in [1.165, 1.54) is 6.42 Å². The van der Waals surface area contributed by atoms with Crippen LogP contribution in [0.15, 0.2) is 12.4 Å². The molecule has 2 bridgehead atoms. The van der Waals surface area contributed by atoms with Gasteiger partial charge in [0.2, 0.25) is 11.8 Å². The van der Waals surface area contributed by atoms with E-state index in [1.807, 2.05) is 13.1 Å². The van der Waals surface area contributed by atoms with Crippen molar-refractivity contribution < 1.29 is 9.59 Å². The number of rotatable bonds is 6. The highest BCUT2D eigenvalue weighted by atomic mass is 16.2. The Balaban J connectivity index is 1.42. The van der Waals surface area contributed by atoms with Gasteiger partial charge in [-0.2, -0.15) is 0 Å². The molecule has 0 aliphatic carbocycles. The lowest BCUT2D eigenvalue weighted by molar-refractivity contribution is -0.153. The summed E-state index contributed by atoms with van der Waals surface area (Å²) in [5.41, 5.74) is 0. The van der Waals surface area contributed by atoms with E-state index in [2.05, 4.69) is 30.9 Å². The second-order valence-electron chi connectivity index (χ2n) is 8.80. The van der Waals surface area contributed by atoms with Crippen LogP contribution in [0, 0.1) is 18.8 Å². The van der Waals surface area contributed by atoms with Crippen LogP contribution in [-0.4, -0.2) is 69.4 Å². The number of carbonyl (C=O) groups is 2. The molecule has 2 amide bonds. The lowest BCUT2D eigenvalue weighted by atomic mass is 9.72. The molecule has 3 aliphatic heterocycles. The third kappa shape index (κ3) is 3.95. The molecule has 154 valence electrons. The second kappa shape index (κ2) is 8.23. The molecule has 1 aromatic heterocycles. The first-order valence-corrected chi connectivity index (χ1v) is 10.8. The molecule has 0 unspecified atom stereocenters. The Hall–Kier alpha value is -1.89. The first-order valence-electron chi connectivity index (χ1n) is 10.8. The fourth-order valence-corrected chi connectivity index (χ4v) is 5.67. The fourth-order valence-electron chi connectivity index (χ4n) is 5.67. The van der Waals surface area contributed by atoms with Gasteiger partial charge in [-0.1, -0.05) is 0 Å². The Morgan fingerprint density at radius 3 is 2.86 bits per heavy atom. The first-order chi connectivity index (χ1) is 13.5. The van der Waals surface area contributed by atoms with Crippen LogP contribution in [0.1, 0.15) is 44.9 Å². The molecule has 1 aromatic rings. The van der Waals surface area contributed by atoms with Gasteiger partial charge in [0.1, 0.15) is 5.82 Å². The molecule has 4 rings (SSSR count). The van der Waals surface area contributed by atoms with Crippen LogP contribution in [0.4, 0.5) is 0 Å². The summed E-state index contributed by atoms with van der Waals surface area (Å²) in [6.45, 7) is 8.41. The molecule has 28 heavy (non-hydrogen) atoms. The van der Waals surface area contributed by atoms with Gasteiger partial charge in [-0.05, 0) is 51.0 Å². The van der Waals surface area contributed by atoms with Crippen LogP contribution in [0.5, 0.6) is 0 Å². The summed E-state index contributed by atoms with van der Waals surface area (Å²) in [5.74, 6) is 2.39. The van der Waals surface area contributed by atoms with Gasteiger partial charge in [-0.3, -0.25) is 9.59 Å². The molecule has 0 radical (unpaired) electrons. The molecule has 7 nitrogen and oxygen atoms in total. The Morgan fingerprint density at radius 2 is 2.11 bits per heavy atom. The number of aryl methyl sites for hydroxylation is 2. The summed E-state index contributed by atoms with van der Waals surface area (Å²) < 4.78 is 2.21. The highest BCUT2D eigenvalue weighted by Gasteiger charge is 2.49. The molecule has 0 spiro atoms. The summed E-state index contributed by atoms with van der Waals surface area (Å²) in [6.07, 6.45) is 9.00. The van der Waals surface area contributed by atoms with Gasteiger partial charge in [0.15, 0.2) is 0 Å². The monoisotopic (exact) mass is 387 g/mol. The zero-order valence-electron chi connectivity index (χ0n) is 17.1. The highest BCUT2D eigenvalue weighted by molar-refractivity contribution is 5.78. The normalized spacial score (nSPS) is 30.2. The quantitative estimate of drug-likeness (QED) is 0.801. The van der Waals surface area contributed by atoms with E-state index in [4.69, 9.17) is 0 Å². The third-order valence-corrected chi connectivity index (χ3v) is 6.93. The summed E-state index contributed by atoms with van der Waals surface area (Å²) in [5, 5.41) is 2.99. The SMILES string of the molecule is CC(=O)NC[C@H]1[C@H]2C[C@H](CN(CCCn3ccnc3C)C2)[C@@H]2CCCC(=O)N21. The number of carbonyl (C=O) groups excluding carboxylic acids is 2. The molecular weight excluding hydrogens is 354 g/mol. The third-order valence-electron chi connectivity index (χ3n) is 6.93. The Bertz CT molecular complexity index is 717. The highest BCUT2D eigenvalue weighted by Crippen LogP contribution is 2.41. The maximum atomic E-state index is 12.7. The number of hydrogen-bond acceptors (Lipinski definition) is 4. The molecule has 1 N–H and O–H groups in total. The van der Waals surface area contributed by atoms with Crippen molar-refractivity contribution in [2.45, 2.75) is 64.6 Å². The minimum absolute atomic E-state index is 0.00787. The summed E-state index contributed by atoms with van der Waals surface area (Å²) >= 11 is 0. The van der Waals surface area contributed by atoms with Crippen molar-refractivity contribution >= 4 is 11.8 Å². The van der Waals surface area contributed by atoms with Gasteiger partial charge < -0.3 is 19.7 Å². The van der Waals surface area contributed by atoms with E-state index in [0.717, 1.165) is 51.3 Å². The lowest BCUT2D eigenvalue weighted by Gasteiger charge is -2.56. The topological polar surface area (TPSA) is 70.5 Å². The number of likely N-dealkylation sites (tertiary alicyclic amines) is 1. The van der Waals surface area contributed by atoms with Crippen molar-refractivity contribution in [2.24, 2.45) is 11.8 Å². The van der Waals surface area contributed by atoms with E-state index in [0.29, 0.717) is 36.8 Å². The first kappa shape index (κ1) is 19.4. The number of hydrogen-bond donors (Lipinski definition) is 1. The largest absolute Gasteiger partial charge is 0.354 e. The van der Waals surface area contributed by atoms with Crippen molar-refractivity contribution in [2.75, 3.05) is 26.2 Å². The minimum Gasteiger partial charge on any atom is -0.354 e. The number of imidazole rings is 1. The van der Waals surface area contributed by atoms with Crippen LogP contribution in [0.25, 0.3) is 0 Å². The van der Waals surface area contributed by atoms with Crippen LogP contribution in [-0.2, 0) is 16.1 Å². The van der Waals surface area contributed by atoms with Crippen molar-refractivity contribution in [3.63, 3.8) is 0 Å². The molecule has 0 aromatic carbocycles. The van der Waals surface area contributed by atoms with Crippen molar-refractivity contribution in [3.05, 3.63) is 18.2 Å². The van der Waals surface area contributed by atoms with E-state index in [1.54, 1.807) is 6.92 Å². The van der Waals surface area contributed by atoms with Crippen LogP contribution < -0.4 is 5.32 Å². The van der Waals surface area contributed by atoms with Crippen molar-refractivity contribution in [3.8, 4) is 0 Å². The fraction of sp³-hybridized carbons (Fsp3) is 0.762. The molecule has 0 saturated carbocycles. The summed E-state index contributed by atoms with van der Waals surface area (Å²) in [7, 11) is 0. The lowest BCUT2D eigenvalue weighted by Crippen LogP contribution is -2.67. The van der Waals surface area contributed by atoms with Gasteiger partial charge in [-0.15, -0.1) is 0 Å². The average molecular weight is 388 g/mol. The zero-order valence-corrected chi connectivity index (χ0v) is 17.1. The number of piperidine rings is 3. The predicted molar refractivity (Wildman–Crippen MR) is 107 cm³/mol. The number of aromatic nitrogens is 2. The zero-order chi connectivity index (χ0) is 19.7. The molecule has 4 heterocycles. The molecule has 3 aliphatic rings. The summed E-state index contributed by atoms with van der Waals surface area (Å²) in [6, 6.07) is 0.506. The maximum Gasteiger partial charge on any atom is 0.223 e. The van der Waals surface area contributed by atoms with Crippen molar-refractivity contribution in [1.82, 2.24) is 24.7 Å². The number of amides is 2. The van der Waals surface area contributed by atoms with E-state index >= 15 is 0 Å². The molecule has 3 saturated heterocycles. The standard InChI is InChI=1S/C21H33N5O2/c1-15-22-7-10-25(15)9-4-8-24-13-17-11-18(14-24)20(12-23-16(2)27)26-19(17)5-3-6-21(26)28/h7,10,17-20H,3-6,8-9,11-14H2,1-2H3,(H,23,27)/t17-,18+,19+,20+/m1/s1.